The molecular weight excluding hydrogens is 354 g/mol. The Balaban J connectivity index is 2.32. The van der Waals surface area contributed by atoms with Crippen LogP contribution in [-0.2, 0) is 16.0 Å². The second-order valence-electron chi connectivity index (χ2n) is 8.96. The van der Waals surface area contributed by atoms with Crippen LogP contribution in [-0.4, -0.2) is 58.0 Å². The molecule has 0 spiro atoms. The molecule has 1 heterocycles. The smallest absolute Gasteiger partial charge is 0.333 e. The number of piperidine rings is 1. The van der Waals surface area contributed by atoms with Gasteiger partial charge in [0, 0.05) is 35.5 Å². The number of β-amino-alcohol motifs (C(OH)–C–C–N with tert-alkyl or cyclic N) is 1. The molecule has 0 aliphatic carbocycles. The number of benzene rings is 1. The van der Waals surface area contributed by atoms with E-state index in [4.69, 9.17) is 4.74 Å². The molecule has 5 heteroatoms. The van der Waals surface area contributed by atoms with E-state index in [1.54, 1.807) is 6.92 Å². The van der Waals surface area contributed by atoms with Gasteiger partial charge in [-0.1, -0.05) is 30.8 Å². The summed E-state index contributed by atoms with van der Waals surface area (Å²) in [6.07, 6.45) is 0.705. The number of aliphatic hydroxyl groups excluding tert-OH is 2. The molecule has 0 bridgehead atoms. The Labute approximate surface area is 169 Å². The Morgan fingerprint density at radius 2 is 1.93 bits per heavy atom. The van der Waals surface area contributed by atoms with E-state index in [-0.39, 0.29) is 36.2 Å². The molecule has 0 amide bonds. The summed E-state index contributed by atoms with van der Waals surface area (Å²) < 4.78 is 5.28. The zero-order valence-corrected chi connectivity index (χ0v) is 17.9. The van der Waals surface area contributed by atoms with Crippen LogP contribution in [0.5, 0.6) is 0 Å². The van der Waals surface area contributed by atoms with E-state index in [1.165, 1.54) is 0 Å². The van der Waals surface area contributed by atoms with Crippen LogP contribution in [0, 0.1) is 0 Å². The lowest BCUT2D eigenvalue weighted by atomic mass is 9.67. The molecule has 1 aliphatic rings. The largest absolute Gasteiger partial charge is 0.462 e. The van der Waals surface area contributed by atoms with Crippen molar-refractivity contribution in [2.45, 2.75) is 70.6 Å². The van der Waals surface area contributed by atoms with Gasteiger partial charge >= 0.3 is 5.97 Å². The molecule has 0 radical (unpaired) electrons. The van der Waals surface area contributed by atoms with Crippen LogP contribution in [0.15, 0.2) is 36.4 Å². The predicted octanol–water partition coefficient (Wildman–Crippen LogP) is 3.05. The Morgan fingerprint density at radius 3 is 2.54 bits per heavy atom. The second kappa shape index (κ2) is 8.76. The maximum absolute atomic E-state index is 11.7. The van der Waals surface area contributed by atoms with Crippen LogP contribution in [0.4, 0.5) is 0 Å². The molecule has 0 aromatic heterocycles. The molecular formula is C23H35NO4. The molecule has 0 saturated carbocycles. The first-order valence-electron chi connectivity index (χ1n) is 9.99. The van der Waals surface area contributed by atoms with Gasteiger partial charge in [0.15, 0.2) is 0 Å². The Kier molecular flexibility index (Phi) is 7.07. The lowest BCUT2D eigenvalue weighted by Crippen LogP contribution is -2.66. The van der Waals surface area contributed by atoms with Gasteiger partial charge in [-0.2, -0.15) is 0 Å². The van der Waals surface area contributed by atoms with E-state index in [9.17, 15) is 15.0 Å². The molecule has 1 aromatic rings. The number of nitrogens with zero attached hydrogens (tertiary/aromatic N) is 1. The van der Waals surface area contributed by atoms with Crippen molar-refractivity contribution >= 4 is 5.97 Å². The highest BCUT2D eigenvalue weighted by Crippen LogP contribution is 2.47. The Hall–Kier alpha value is -1.69. The lowest BCUT2D eigenvalue weighted by molar-refractivity contribution is -0.138. The fourth-order valence-corrected chi connectivity index (χ4v) is 4.88. The predicted molar refractivity (Wildman–Crippen MR) is 111 cm³/mol. The van der Waals surface area contributed by atoms with Gasteiger partial charge in [-0.25, -0.2) is 4.79 Å². The van der Waals surface area contributed by atoms with Gasteiger partial charge < -0.3 is 14.9 Å². The van der Waals surface area contributed by atoms with Crippen LogP contribution in [0.2, 0.25) is 0 Å². The van der Waals surface area contributed by atoms with Crippen LogP contribution in [0.1, 0.15) is 58.1 Å². The van der Waals surface area contributed by atoms with Gasteiger partial charge in [0.1, 0.15) is 0 Å². The van der Waals surface area contributed by atoms with Gasteiger partial charge in [-0.3, -0.25) is 4.90 Å². The van der Waals surface area contributed by atoms with Crippen LogP contribution in [0.25, 0.3) is 0 Å². The molecule has 2 N–H and O–H groups in total. The first-order valence-corrected chi connectivity index (χ1v) is 9.99. The number of rotatable bonds is 7. The number of hydrogen-bond donors (Lipinski definition) is 2. The van der Waals surface area contributed by atoms with Crippen molar-refractivity contribution in [3.8, 4) is 0 Å². The van der Waals surface area contributed by atoms with E-state index in [0.29, 0.717) is 25.0 Å². The van der Waals surface area contributed by atoms with Crippen molar-refractivity contribution < 1.29 is 19.7 Å². The molecule has 1 saturated heterocycles. The molecule has 1 fully saturated rings. The maximum Gasteiger partial charge on any atom is 0.333 e. The maximum atomic E-state index is 11.7. The fourth-order valence-electron chi connectivity index (χ4n) is 4.88. The van der Waals surface area contributed by atoms with Gasteiger partial charge in [-0.05, 0) is 52.2 Å². The summed E-state index contributed by atoms with van der Waals surface area (Å²) in [4.78, 5) is 14.0. The highest BCUT2D eigenvalue weighted by Gasteiger charge is 2.51. The van der Waals surface area contributed by atoms with Crippen LogP contribution in [0.3, 0.4) is 0 Å². The molecule has 5 nitrogen and oxygen atoms in total. The lowest BCUT2D eigenvalue weighted by Gasteiger charge is -2.58. The van der Waals surface area contributed by atoms with Crippen molar-refractivity contribution in [3.05, 3.63) is 47.5 Å². The van der Waals surface area contributed by atoms with Crippen LogP contribution >= 0.6 is 0 Å². The summed E-state index contributed by atoms with van der Waals surface area (Å²) in [5.74, 6) is -0.494. The molecule has 28 heavy (non-hydrogen) atoms. The monoisotopic (exact) mass is 389 g/mol. The van der Waals surface area contributed by atoms with Gasteiger partial charge in [0.05, 0.1) is 19.3 Å². The minimum Gasteiger partial charge on any atom is -0.462 e. The van der Waals surface area contributed by atoms with E-state index in [1.807, 2.05) is 18.2 Å². The Bertz CT molecular complexity index is 710. The third-order valence-electron chi connectivity index (χ3n) is 5.95. The molecule has 2 unspecified atom stereocenters. The van der Waals surface area contributed by atoms with Crippen molar-refractivity contribution in [2.24, 2.45) is 0 Å². The summed E-state index contributed by atoms with van der Waals surface area (Å²) >= 11 is 0. The van der Waals surface area contributed by atoms with Gasteiger partial charge in [-0.15, -0.1) is 0 Å². The number of carbonyl (C=O) groups excluding carboxylic acids is 1. The summed E-state index contributed by atoms with van der Waals surface area (Å²) in [7, 11) is 0. The highest BCUT2D eigenvalue weighted by molar-refractivity contribution is 5.86. The zero-order chi connectivity index (χ0) is 21.1. The zero-order valence-electron chi connectivity index (χ0n) is 17.9. The van der Waals surface area contributed by atoms with Crippen molar-refractivity contribution in [2.75, 3.05) is 19.8 Å². The molecule has 1 aromatic carbocycles. The second-order valence-corrected chi connectivity index (χ2v) is 8.96. The van der Waals surface area contributed by atoms with Crippen molar-refractivity contribution in [3.63, 3.8) is 0 Å². The van der Waals surface area contributed by atoms with Gasteiger partial charge in [0.25, 0.3) is 0 Å². The first-order chi connectivity index (χ1) is 13.0. The quantitative estimate of drug-likeness (QED) is 0.554. The average molecular weight is 390 g/mol. The normalized spacial score (nSPS) is 24.0. The van der Waals surface area contributed by atoms with E-state index in [2.05, 4.69) is 45.2 Å². The molecule has 156 valence electrons. The van der Waals surface area contributed by atoms with Crippen molar-refractivity contribution in [1.29, 1.82) is 0 Å². The average Bonchev–Trinajstić information content (AvgIpc) is 2.58. The molecule has 1 aliphatic heterocycles. The molecule has 2 rings (SSSR count). The highest BCUT2D eigenvalue weighted by atomic mass is 16.5. The number of hydrogen-bond acceptors (Lipinski definition) is 5. The summed E-state index contributed by atoms with van der Waals surface area (Å²) in [5.41, 5.74) is 1.96. The first kappa shape index (κ1) is 22.6. The number of likely N-dealkylation sites (tertiary alicyclic amines) is 1. The summed E-state index contributed by atoms with van der Waals surface area (Å²) in [6, 6.07) is 8.04. The van der Waals surface area contributed by atoms with E-state index in [0.717, 1.165) is 11.1 Å². The summed E-state index contributed by atoms with van der Waals surface area (Å²) in [6.45, 7) is 14.7. The minimum absolute atomic E-state index is 0.0776. The van der Waals surface area contributed by atoms with E-state index < -0.39 is 6.10 Å². The minimum atomic E-state index is -0.501. The third-order valence-corrected chi connectivity index (χ3v) is 5.95. The molecule has 2 atom stereocenters. The standard InChI is InChI=1S/C23H35NO4/c1-16(2)21(27)28-14-11-17-9-7-8-10-18(17)20-19(26)15-22(3,4)24(12-13-25)23(20,5)6/h7-10,19-20,25-26H,1,11-15H2,2-6H3. The Morgan fingerprint density at radius 1 is 1.29 bits per heavy atom. The van der Waals surface area contributed by atoms with Crippen molar-refractivity contribution in [1.82, 2.24) is 4.90 Å². The third kappa shape index (κ3) is 4.65. The van der Waals surface area contributed by atoms with E-state index >= 15 is 0 Å². The SMILES string of the molecule is C=C(C)C(=O)OCCc1ccccc1C1C(O)CC(C)(C)N(CCO)C1(C)C. The number of aliphatic hydroxyl groups is 2. The summed E-state index contributed by atoms with van der Waals surface area (Å²) in [5, 5.41) is 20.7. The number of carbonyl (C=O) groups is 1. The topological polar surface area (TPSA) is 70.0 Å². The fraction of sp³-hybridized carbons (Fsp3) is 0.609. The number of ether oxygens (including phenoxy) is 1. The van der Waals surface area contributed by atoms with Gasteiger partial charge in [0.2, 0.25) is 0 Å². The van der Waals surface area contributed by atoms with Crippen LogP contribution < -0.4 is 0 Å². The number of esters is 1.